The number of rotatable bonds is 6. The molecule has 1 aromatic carbocycles. The maximum Gasteiger partial charge on any atom is 0.338 e. The maximum atomic E-state index is 13.6. The number of carbonyl (C=O) groups is 5. The molecule has 4 rings (SSSR count). The van der Waals surface area contributed by atoms with Gasteiger partial charge < -0.3 is 23.7 Å². The standard InChI is InChI=1S/C35H44O10/c1-18-25-17-26-30(45-33(40)24-13-11-10-12-14-24)29(42-21(4)37)19(2)28(34(26,7)8)31(43-22(5)38)32(44-23(6)39)35(25,9)16-15-27(18)41-20(3)36/h10-14,25-27,29-32H,1,15-17H2,2-9H3/t25-,26-,27+,29-,30-,31-,32+,35-/m1/s1. The Morgan fingerprint density at radius 2 is 1.33 bits per heavy atom. The molecule has 0 unspecified atom stereocenters. The monoisotopic (exact) mass is 624 g/mol. The van der Waals surface area contributed by atoms with Gasteiger partial charge in [0.25, 0.3) is 0 Å². The van der Waals surface area contributed by atoms with Crippen LogP contribution < -0.4 is 0 Å². The number of fused-ring (bicyclic) bond motifs is 3. The van der Waals surface area contributed by atoms with Crippen molar-refractivity contribution in [3.63, 3.8) is 0 Å². The molecule has 0 aromatic heterocycles. The lowest BCUT2D eigenvalue weighted by molar-refractivity contribution is -0.192. The van der Waals surface area contributed by atoms with Crippen molar-refractivity contribution in [1.82, 2.24) is 0 Å². The molecule has 0 heterocycles. The van der Waals surface area contributed by atoms with Crippen LogP contribution >= 0.6 is 0 Å². The second-order valence-electron chi connectivity index (χ2n) is 13.3. The molecule has 3 aliphatic rings. The lowest BCUT2D eigenvalue weighted by atomic mass is 9.50. The molecule has 1 aromatic rings. The van der Waals surface area contributed by atoms with Gasteiger partial charge in [-0.15, -0.1) is 0 Å². The molecular weight excluding hydrogens is 580 g/mol. The van der Waals surface area contributed by atoms with Gasteiger partial charge in [0, 0.05) is 39.0 Å². The van der Waals surface area contributed by atoms with E-state index in [1.807, 2.05) is 20.8 Å². The van der Waals surface area contributed by atoms with Gasteiger partial charge in [0.2, 0.25) is 0 Å². The SMILES string of the molecule is C=C1[C@@H](OC(C)=O)CC[C@]2(C)[C@@H]1C[C@@H]1[C@@H](OC(=O)c3ccccc3)[C@H](OC(C)=O)C(C)=C([C@@H](OC(C)=O)[C@@H]2OC(C)=O)C1(C)C. The summed E-state index contributed by atoms with van der Waals surface area (Å²) in [6, 6.07) is 8.55. The van der Waals surface area contributed by atoms with Crippen LogP contribution in [0.5, 0.6) is 0 Å². The average molecular weight is 625 g/mol. The number of esters is 5. The molecule has 10 heteroatoms. The predicted octanol–water partition coefficient (Wildman–Crippen LogP) is 5.29. The molecular formula is C35H44O10. The van der Waals surface area contributed by atoms with Crippen molar-refractivity contribution in [2.45, 2.75) is 105 Å². The Kier molecular flexibility index (Phi) is 9.66. The Morgan fingerprint density at radius 1 is 0.778 bits per heavy atom. The minimum atomic E-state index is -1.06. The summed E-state index contributed by atoms with van der Waals surface area (Å²) in [5, 5.41) is 0. The highest BCUT2D eigenvalue weighted by atomic mass is 16.6. The van der Waals surface area contributed by atoms with Crippen molar-refractivity contribution < 1.29 is 47.7 Å². The molecule has 8 atom stereocenters. The minimum absolute atomic E-state index is 0.338. The first-order valence-corrected chi connectivity index (χ1v) is 15.3. The van der Waals surface area contributed by atoms with Crippen molar-refractivity contribution in [2.24, 2.45) is 22.7 Å². The summed E-state index contributed by atoms with van der Waals surface area (Å²) in [7, 11) is 0. The Balaban J connectivity index is 2.00. The zero-order valence-electron chi connectivity index (χ0n) is 27.3. The zero-order valence-corrected chi connectivity index (χ0v) is 27.3. The first-order valence-electron chi connectivity index (χ1n) is 15.3. The zero-order chi connectivity index (χ0) is 33.4. The van der Waals surface area contributed by atoms with Gasteiger partial charge in [-0.2, -0.15) is 0 Å². The largest absolute Gasteiger partial charge is 0.458 e. The molecule has 0 saturated heterocycles. The Bertz CT molecular complexity index is 1410. The van der Waals surface area contributed by atoms with Crippen LogP contribution in [0, 0.1) is 22.7 Å². The van der Waals surface area contributed by atoms with E-state index in [2.05, 4.69) is 6.58 Å². The summed E-state index contributed by atoms with van der Waals surface area (Å²) in [5.74, 6) is -3.70. The highest BCUT2D eigenvalue weighted by Gasteiger charge is 2.63. The third-order valence-electron chi connectivity index (χ3n) is 9.91. The van der Waals surface area contributed by atoms with Crippen molar-refractivity contribution in [3.8, 4) is 0 Å². The van der Waals surface area contributed by atoms with Crippen LogP contribution in [0.15, 0.2) is 53.6 Å². The quantitative estimate of drug-likeness (QED) is 0.234. The number of carbonyl (C=O) groups excluding carboxylic acids is 5. The molecule has 244 valence electrons. The highest BCUT2D eigenvalue weighted by molar-refractivity contribution is 5.89. The molecule has 3 aliphatic carbocycles. The van der Waals surface area contributed by atoms with Gasteiger partial charge >= 0.3 is 29.8 Å². The van der Waals surface area contributed by atoms with E-state index in [1.165, 1.54) is 27.7 Å². The lowest BCUT2D eigenvalue weighted by Crippen LogP contribution is -2.62. The summed E-state index contributed by atoms with van der Waals surface area (Å²) in [5.41, 5.74) is 0.485. The van der Waals surface area contributed by atoms with Gasteiger partial charge in [-0.1, -0.05) is 45.5 Å². The molecule has 2 fully saturated rings. The van der Waals surface area contributed by atoms with E-state index in [9.17, 15) is 24.0 Å². The van der Waals surface area contributed by atoms with E-state index in [0.717, 1.165) is 0 Å². The lowest BCUT2D eigenvalue weighted by Gasteiger charge is -2.59. The third-order valence-corrected chi connectivity index (χ3v) is 9.91. The van der Waals surface area contributed by atoms with Crippen LogP contribution in [0.25, 0.3) is 0 Å². The van der Waals surface area contributed by atoms with Crippen LogP contribution in [0.1, 0.15) is 85.0 Å². The van der Waals surface area contributed by atoms with Gasteiger partial charge in [-0.25, -0.2) is 4.79 Å². The Hall–Kier alpha value is -3.95. The third kappa shape index (κ3) is 6.56. The molecule has 10 nitrogen and oxygen atoms in total. The second-order valence-corrected chi connectivity index (χ2v) is 13.3. The van der Waals surface area contributed by atoms with E-state index in [4.69, 9.17) is 23.7 Å². The number of hydrogen-bond acceptors (Lipinski definition) is 10. The first kappa shape index (κ1) is 33.9. The van der Waals surface area contributed by atoms with E-state index >= 15 is 0 Å². The minimum Gasteiger partial charge on any atom is -0.458 e. The van der Waals surface area contributed by atoms with Crippen molar-refractivity contribution in [2.75, 3.05) is 0 Å². The van der Waals surface area contributed by atoms with Gasteiger partial charge in [0.1, 0.15) is 18.3 Å². The van der Waals surface area contributed by atoms with Crippen LogP contribution in [-0.2, 0) is 42.9 Å². The number of benzene rings is 1. The summed E-state index contributed by atoms with van der Waals surface area (Å²) in [6.45, 7) is 17.3. The molecule has 0 spiro atoms. The topological polar surface area (TPSA) is 132 Å². The molecule has 2 bridgehead atoms. The van der Waals surface area contributed by atoms with Crippen LogP contribution in [-0.4, -0.2) is 60.4 Å². The fourth-order valence-corrected chi connectivity index (χ4v) is 7.96. The molecule has 0 N–H and O–H groups in total. The Morgan fingerprint density at radius 3 is 1.89 bits per heavy atom. The van der Waals surface area contributed by atoms with Gasteiger partial charge in [-0.3, -0.25) is 19.2 Å². The van der Waals surface area contributed by atoms with Crippen LogP contribution in [0.4, 0.5) is 0 Å². The summed E-state index contributed by atoms with van der Waals surface area (Å²) >= 11 is 0. The smallest absolute Gasteiger partial charge is 0.338 e. The summed E-state index contributed by atoms with van der Waals surface area (Å²) in [4.78, 5) is 63.6. The second kappa shape index (κ2) is 12.8. The Labute approximate surface area is 264 Å². The predicted molar refractivity (Wildman–Crippen MR) is 162 cm³/mol. The van der Waals surface area contributed by atoms with E-state index in [1.54, 1.807) is 37.3 Å². The highest BCUT2D eigenvalue weighted by Crippen LogP contribution is 2.61. The molecule has 0 amide bonds. The normalized spacial score (nSPS) is 32.2. The maximum absolute atomic E-state index is 13.6. The average Bonchev–Trinajstić information content (AvgIpc) is 2.93. The number of hydrogen-bond donors (Lipinski definition) is 0. The van der Waals surface area contributed by atoms with Gasteiger partial charge in [0.05, 0.1) is 5.56 Å². The van der Waals surface area contributed by atoms with Gasteiger partial charge in [-0.05, 0) is 66.4 Å². The van der Waals surface area contributed by atoms with Gasteiger partial charge in [0.15, 0.2) is 12.2 Å². The number of ether oxygens (including phenoxy) is 5. The molecule has 2 saturated carbocycles. The van der Waals surface area contributed by atoms with Crippen molar-refractivity contribution in [1.29, 1.82) is 0 Å². The molecule has 45 heavy (non-hydrogen) atoms. The summed E-state index contributed by atoms with van der Waals surface area (Å²) in [6.07, 6.45) is -3.34. The van der Waals surface area contributed by atoms with E-state index < -0.39 is 83.0 Å². The fraction of sp³-hybridized carbons (Fsp3) is 0.571. The first-order chi connectivity index (χ1) is 21.0. The summed E-state index contributed by atoms with van der Waals surface area (Å²) < 4.78 is 30.0. The van der Waals surface area contributed by atoms with Crippen molar-refractivity contribution >= 4 is 29.8 Å². The van der Waals surface area contributed by atoms with E-state index in [0.29, 0.717) is 41.5 Å². The van der Waals surface area contributed by atoms with E-state index in [-0.39, 0.29) is 0 Å². The van der Waals surface area contributed by atoms with Crippen molar-refractivity contribution in [3.05, 3.63) is 59.2 Å². The van der Waals surface area contributed by atoms with Crippen LogP contribution in [0.2, 0.25) is 0 Å². The molecule has 0 radical (unpaired) electrons. The van der Waals surface area contributed by atoms with Crippen LogP contribution in [0.3, 0.4) is 0 Å². The molecule has 0 aliphatic heterocycles. The fourth-order valence-electron chi connectivity index (χ4n) is 7.96.